The van der Waals surface area contributed by atoms with Gasteiger partial charge in [-0.15, -0.1) is 11.3 Å². The molecule has 2 aromatic heterocycles. The minimum atomic E-state index is 0.727. The number of thiophene rings is 1. The monoisotopic (exact) mass is 225 g/mol. The van der Waals surface area contributed by atoms with Crippen molar-refractivity contribution in [3.8, 4) is 0 Å². The summed E-state index contributed by atoms with van der Waals surface area (Å²) in [5, 5.41) is 5.22. The van der Waals surface area contributed by atoms with Gasteiger partial charge < -0.3 is 5.32 Å². The van der Waals surface area contributed by atoms with Crippen molar-refractivity contribution in [1.29, 1.82) is 0 Å². The zero-order valence-electron chi connectivity index (χ0n) is 7.86. The highest BCUT2D eigenvalue weighted by Gasteiger charge is 1.99. The van der Waals surface area contributed by atoms with E-state index >= 15 is 0 Å². The van der Waals surface area contributed by atoms with E-state index in [-0.39, 0.29) is 0 Å². The first-order chi connectivity index (χ1) is 6.90. The predicted octanol–water partition coefficient (Wildman–Crippen LogP) is 2.47. The first kappa shape index (κ1) is 9.73. The number of hydrogen-bond donors (Lipinski definition) is 1. The Morgan fingerprint density at radius 3 is 3.36 bits per heavy atom. The van der Waals surface area contributed by atoms with Gasteiger partial charge in [0.15, 0.2) is 0 Å². The van der Waals surface area contributed by atoms with Crippen LogP contribution in [-0.4, -0.2) is 28.5 Å². The van der Waals surface area contributed by atoms with Gasteiger partial charge in [-0.3, -0.25) is 0 Å². The van der Waals surface area contributed by atoms with Crippen LogP contribution in [0.15, 0.2) is 17.6 Å². The molecule has 0 fully saturated rings. The van der Waals surface area contributed by atoms with Crippen LogP contribution < -0.4 is 5.32 Å². The third-order valence-corrected chi connectivity index (χ3v) is 3.25. The molecule has 0 aliphatic rings. The van der Waals surface area contributed by atoms with Crippen molar-refractivity contribution in [2.24, 2.45) is 0 Å². The molecule has 14 heavy (non-hydrogen) atoms. The van der Waals surface area contributed by atoms with Crippen molar-refractivity contribution in [2.75, 3.05) is 23.9 Å². The lowest BCUT2D eigenvalue weighted by Gasteiger charge is -2.02. The molecule has 2 heterocycles. The van der Waals surface area contributed by atoms with Gasteiger partial charge in [-0.1, -0.05) is 0 Å². The zero-order chi connectivity index (χ0) is 9.80. The smallest absolute Gasteiger partial charge is 0.223 e. The molecule has 0 amide bonds. The van der Waals surface area contributed by atoms with Crippen molar-refractivity contribution < 1.29 is 0 Å². The Bertz CT molecular complexity index is 413. The van der Waals surface area contributed by atoms with Crippen molar-refractivity contribution >= 4 is 39.3 Å². The topological polar surface area (TPSA) is 37.8 Å². The van der Waals surface area contributed by atoms with E-state index in [2.05, 4.69) is 21.5 Å². The molecule has 2 aromatic rings. The van der Waals surface area contributed by atoms with E-state index in [1.165, 1.54) is 0 Å². The molecule has 0 atom stereocenters. The molecule has 0 bridgehead atoms. The molecular formula is C9H11N3S2. The molecule has 0 aliphatic carbocycles. The molecule has 0 saturated carbocycles. The lowest BCUT2D eigenvalue weighted by molar-refractivity contribution is 1.12. The molecule has 0 aromatic carbocycles. The Morgan fingerprint density at radius 1 is 1.57 bits per heavy atom. The minimum Gasteiger partial charge on any atom is -0.353 e. The van der Waals surface area contributed by atoms with Gasteiger partial charge in [-0.05, 0) is 17.7 Å². The number of anilines is 1. The molecule has 74 valence electrons. The quantitative estimate of drug-likeness (QED) is 0.811. The maximum Gasteiger partial charge on any atom is 0.223 e. The maximum absolute atomic E-state index is 4.39. The molecule has 3 nitrogen and oxygen atoms in total. The molecule has 0 unspecified atom stereocenters. The number of nitrogens with zero attached hydrogens (tertiary/aromatic N) is 2. The molecular weight excluding hydrogens is 214 g/mol. The van der Waals surface area contributed by atoms with E-state index in [0.717, 1.165) is 28.5 Å². The van der Waals surface area contributed by atoms with Crippen molar-refractivity contribution in [1.82, 2.24) is 9.97 Å². The van der Waals surface area contributed by atoms with Gasteiger partial charge in [0.2, 0.25) is 5.95 Å². The van der Waals surface area contributed by atoms with Crippen LogP contribution in [0, 0.1) is 0 Å². The Kier molecular flexibility index (Phi) is 3.21. The van der Waals surface area contributed by atoms with Crippen molar-refractivity contribution in [3.63, 3.8) is 0 Å². The van der Waals surface area contributed by atoms with Gasteiger partial charge in [-0.25, -0.2) is 9.97 Å². The van der Waals surface area contributed by atoms with E-state index in [1.807, 2.05) is 29.4 Å². The van der Waals surface area contributed by atoms with Gasteiger partial charge in [0.25, 0.3) is 0 Å². The highest BCUT2D eigenvalue weighted by atomic mass is 32.2. The van der Waals surface area contributed by atoms with Crippen LogP contribution in [0.25, 0.3) is 10.2 Å². The van der Waals surface area contributed by atoms with E-state index in [0.29, 0.717) is 0 Å². The standard InChI is InChI=1S/C9H11N3S2/c1-13-5-3-10-9-11-6-8-7(12-9)2-4-14-8/h2,4,6H,3,5H2,1H3,(H,10,11,12). The number of nitrogens with one attached hydrogen (secondary N) is 1. The summed E-state index contributed by atoms with van der Waals surface area (Å²) in [4.78, 5) is 8.62. The van der Waals surface area contributed by atoms with Crippen LogP contribution >= 0.6 is 23.1 Å². The van der Waals surface area contributed by atoms with Crippen LogP contribution in [0.3, 0.4) is 0 Å². The Balaban J connectivity index is 2.10. The van der Waals surface area contributed by atoms with Crippen LogP contribution in [-0.2, 0) is 0 Å². The molecule has 1 N–H and O–H groups in total. The fourth-order valence-electron chi connectivity index (χ4n) is 1.12. The number of fused-ring (bicyclic) bond motifs is 1. The van der Waals surface area contributed by atoms with Gasteiger partial charge >= 0.3 is 0 Å². The van der Waals surface area contributed by atoms with Crippen LogP contribution in [0.2, 0.25) is 0 Å². The second-order valence-corrected chi connectivity index (χ2v) is 4.72. The fraction of sp³-hybridized carbons (Fsp3) is 0.333. The summed E-state index contributed by atoms with van der Waals surface area (Å²) in [7, 11) is 0. The van der Waals surface area contributed by atoms with Crippen LogP contribution in [0.5, 0.6) is 0 Å². The molecule has 0 spiro atoms. The molecule has 0 radical (unpaired) electrons. The van der Waals surface area contributed by atoms with Crippen molar-refractivity contribution in [3.05, 3.63) is 17.6 Å². The van der Waals surface area contributed by atoms with Crippen molar-refractivity contribution in [2.45, 2.75) is 0 Å². The van der Waals surface area contributed by atoms with Crippen LogP contribution in [0.1, 0.15) is 0 Å². The summed E-state index contributed by atoms with van der Waals surface area (Å²) in [5.74, 6) is 1.80. The number of hydrogen-bond acceptors (Lipinski definition) is 5. The second-order valence-electron chi connectivity index (χ2n) is 2.78. The van der Waals surface area contributed by atoms with Gasteiger partial charge in [0, 0.05) is 12.3 Å². The summed E-state index contributed by atoms with van der Waals surface area (Å²) < 4.78 is 1.14. The Labute approximate surface area is 91.0 Å². The zero-order valence-corrected chi connectivity index (χ0v) is 9.49. The molecule has 5 heteroatoms. The van der Waals surface area contributed by atoms with Gasteiger partial charge in [-0.2, -0.15) is 11.8 Å². The van der Waals surface area contributed by atoms with E-state index in [9.17, 15) is 0 Å². The lowest BCUT2D eigenvalue weighted by Crippen LogP contribution is -2.06. The summed E-state index contributed by atoms with van der Waals surface area (Å²) in [6.45, 7) is 0.914. The summed E-state index contributed by atoms with van der Waals surface area (Å²) >= 11 is 3.48. The Hall–Kier alpha value is -0.810. The molecule has 2 rings (SSSR count). The van der Waals surface area contributed by atoms with Crippen LogP contribution in [0.4, 0.5) is 5.95 Å². The summed E-state index contributed by atoms with van der Waals surface area (Å²) in [6.07, 6.45) is 3.96. The average molecular weight is 225 g/mol. The number of aromatic nitrogens is 2. The summed E-state index contributed by atoms with van der Waals surface area (Å²) in [6, 6.07) is 2.02. The number of thioether (sulfide) groups is 1. The minimum absolute atomic E-state index is 0.727. The largest absolute Gasteiger partial charge is 0.353 e. The second kappa shape index (κ2) is 4.61. The first-order valence-electron chi connectivity index (χ1n) is 4.33. The average Bonchev–Trinajstić information content (AvgIpc) is 2.65. The third-order valence-electron chi connectivity index (χ3n) is 1.79. The maximum atomic E-state index is 4.39. The van der Waals surface area contributed by atoms with E-state index in [4.69, 9.17) is 0 Å². The highest BCUT2D eigenvalue weighted by molar-refractivity contribution is 7.98. The van der Waals surface area contributed by atoms with E-state index in [1.54, 1.807) is 11.3 Å². The van der Waals surface area contributed by atoms with Gasteiger partial charge in [0.1, 0.15) is 0 Å². The lowest BCUT2D eigenvalue weighted by atomic mass is 10.5. The summed E-state index contributed by atoms with van der Waals surface area (Å²) in [5.41, 5.74) is 1.02. The van der Waals surface area contributed by atoms with Gasteiger partial charge in [0.05, 0.1) is 16.4 Å². The first-order valence-corrected chi connectivity index (χ1v) is 6.60. The Morgan fingerprint density at radius 2 is 2.50 bits per heavy atom. The molecule has 0 aliphatic heterocycles. The third kappa shape index (κ3) is 2.16. The predicted molar refractivity (Wildman–Crippen MR) is 64.3 cm³/mol. The number of rotatable bonds is 4. The highest BCUT2D eigenvalue weighted by Crippen LogP contribution is 2.18. The SMILES string of the molecule is CSCCNc1ncc2sccc2n1. The fourth-order valence-corrected chi connectivity index (χ4v) is 2.11. The normalized spacial score (nSPS) is 10.6. The van der Waals surface area contributed by atoms with E-state index < -0.39 is 0 Å². The molecule has 0 saturated heterocycles.